The van der Waals surface area contributed by atoms with Gasteiger partial charge in [-0.3, -0.25) is 0 Å². The molecule has 0 unspecified atom stereocenters. The van der Waals surface area contributed by atoms with Crippen molar-refractivity contribution in [1.82, 2.24) is 9.88 Å². The lowest BCUT2D eigenvalue weighted by molar-refractivity contribution is 0.575. The summed E-state index contributed by atoms with van der Waals surface area (Å²) >= 11 is 0. The van der Waals surface area contributed by atoms with E-state index < -0.39 is 11.6 Å². The lowest BCUT2D eigenvalue weighted by Crippen LogP contribution is -2.19. The summed E-state index contributed by atoms with van der Waals surface area (Å²) in [5.74, 6) is -1.03. The van der Waals surface area contributed by atoms with Crippen LogP contribution < -0.4 is 5.32 Å². The van der Waals surface area contributed by atoms with Crippen LogP contribution in [0.3, 0.4) is 0 Å². The highest BCUT2D eigenvalue weighted by Gasteiger charge is 2.02. The minimum atomic E-state index is -0.517. The maximum absolute atomic E-state index is 13.0. The van der Waals surface area contributed by atoms with E-state index in [1.165, 1.54) is 17.8 Å². The van der Waals surface area contributed by atoms with Crippen molar-refractivity contribution >= 4 is 0 Å². The third-order valence-corrected chi connectivity index (χ3v) is 3.21. The van der Waals surface area contributed by atoms with Crippen LogP contribution in [-0.4, -0.2) is 11.1 Å². The van der Waals surface area contributed by atoms with Crippen LogP contribution in [0.25, 0.3) is 0 Å². The molecule has 0 fully saturated rings. The first kappa shape index (κ1) is 14.7. The predicted octanol–water partition coefficient (Wildman–Crippen LogP) is 3.51. The van der Waals surface area contributed by atoms with E-state index in [1.807, 2.05) is 6.07 Å². The predicted molar refractivity (Wildman–Crippen MR) is 76.5 cm³/mol. The van der Waals surface area contributed by atoms with E-state index in [4.69, 9.17) is 0 Å². The highest BCUT2D eigenvalue weighted by molar-refractivity contribution is 5.18. The summed E-state index contributed by atoms with van der Waals surface area (Å²) in [4.78, 5) is 0. The summed E-state index contributed by atoms with van der Waals surface area (Å²) in [5, 5.41) is 3.31. The fourth-order valence-electron chi connectivity index (χ4n) is 2.27. The maximum Gasteiger partial charge on any atom is 0.126 e. The van der Waals surface area contributed by atoms with Crippen molar-refractivity contribution in [2.24, 2.45) is 0 Å². The standard InChI is InChI=1S/C16H20F2N2/c1-2-7-20-8-3-4-16(20)12-19-6-5-13-9-14(17)11-15(18)10-13/h3-4,8-11,19H,2,5-7,12H2,1H3. The summed E-state index contributed by atoms with van der Waals surface area (Å²) < 4.78 is 28.3. The molecule has 0 bridgehead atoms. The SMILES string of the molecule is CCCn1cccc1CNCCc1cc(F)cc(F)c1. The first-order valence-electron chi connectivity index (χ1n) is 6.98. The Hall–Kier alpha value is -1.68. The van der Waals surface area contributed by atoms with Gasteiger partial charge >= 0.3 is 0 Å². The Morgan fingerprint density at radius 3 is 2.60 bits per heavy atom. The average molecular weight is 278 g/mol. The molecule has 1 aromatic heterocycles. The zero-order chi connectivity index (χ0) is 14.4. The molecule has 2 aromatic rings. The van der Waals surface area contributed by atoms with Gasteiger partial charge < -0.3 is 9.88 Å². The van der Waals surface area contributed by atoms with Crippen molar-refractivity contribution in [2.45, 2.75) is 32.9 Å². The molecule has 0 saturated carbocycles. The van der Waals surface area contributed by atoms with Crippen LogP contribution in [0.1, 0.15) is 24.6 Å². The van der Waals surface area contributed by atoms with E-state index in [0.717, 1.165) is 25.6 Å². The highest BCUT2D eigenvalue weighted by atomic mass is 19.1. The number of nitrogens with zero attached hydrogens (tertiary/aromatic N) is 1. The minimum Gasteiger partial charge on any atom is -0.350 e. The molecule has 0 aliphatic heterocycles. The Kier molecular flexibility index (Phi) is 5.30. The average Bonchev–Trinajstić information content (AvgIpc) is 2.82. The van der Waals surface area contributed by atoms with Gasteiger partial charge in [0.05, 0.1) is 0 Å². The van der Waals surface area contributed by atoms with Crippen molar-refractivity contribution in [3.8, 4) is 0 Å². The molecule has 1 aromatic carbocycles. The molecule has 2 nitrogen and oxygen atoms in total. The monoisotopic (exact) mass is 278 g/mol. The molecule has 0 saturated heterocycles. The van der Waals surface area contributed by atoms with Gasteiger partial charge in [-0.05, 0) is 49.2 Å². The van der Waals surface area contributed by atoms with E-state index in [1.54, 1.807) is 0 Å². The molecule has 1 heterocycles. The topological polar surface area (TPSA) is 17.0 Å². The van der Waals surface area contributed by atoms with Crippen molar-refractivity contribution in [3.63, 3.8) is 0 Å². The van der Waals surface area contributed by atoms with E-state index in [9.17, 15) is 8.78 Å². The van der Waals surface area contributed by atoms with E-state index in [2.05, 4.69) is 29.1 Å². The number of aryl methyl sites for hydroxylation is 1. The molecule has 0 atom stereocenters. The van der Waals surface area contributed by atoms with Crippen molar-refractivity contribution in [3.05, 3.63) is 59.4 Å². The summed E-state index contributed by atoms with van der Waals surface area (Å²) in [6, 6.07) is 7.78. The maximum atomic E-state index is 13.0. The van der Waals surface area contributed by atoms with Crippen LogP contribution in [0.2, 0.25) is 0 Å². The molecule has 20 heavy (non-hydrogen) atoms. The smallest absolute Gasteiger partial charge is 0.126 e. The summed E-state index contributed by atoms with van der Waals surface area (Å²) in [6.07, 6.45) is 3.79. The second-order valence-electron chi connectivity index (χ2n) is 4.90. The van der Waals surface area contributed by atoms with Crippen LogP contribution in [-0.2, 0) is 19.5 Å². The fraction of sp³-hybridized carbons (Fsp3) is 0.375. The number of hydrogen-bond donors (Lipinski definition) is 1. The first-order valence-corrected chi connectivity index (χ1v) is 6.98. The molecular weight excluding hydrogens is 258 g/mol. The van der Waals surface area contributed by atoms with Crippen molar-refractivity contribution < 1.29 is 8.78 Å². The summed E-state index contributed by atoms with van der Waals surface area (Å²) in [7, 11) is 0. The Labute approximate surface area is 118 Å². The minimum absolute atomic E-state index is 0.517. The number of benzene rings is 1. The molecule has 108 valence electrons. The number of aromatic nitrogens is 1. The second kappa shape index (κ2) is 7.20. The van der Waals surface area contributed by atoms with Crippen LogP contribution in [0.5, 0.6) is 0 Å². The quantitative estimate of drug-likeness (QED) is 0.767. The zero-order valence-electron chi connectivity index (χ0n) is 11.7. The van der Waals surface area contributed by atoms with Crippen LogP contribution in [0, 0.1) is 11.6 Å². The first-order chi connectivity index (χ1) is 9.69. The lowest BCUT2D eigenvalue weighted by atomic mass is 10.1. The third kappa shape index (κ3) is 4.17. The molecule has 4 heteroatoms. The Morgan fingerprint density at radius 1 is 1.15 bits per heavy atom. The fourth-order valence-corrected chi connectivity index (χ4v) is 2.27. The van der Waals surface area contributed by atoms with Crippen LogP contribution in [0.4, 0.5) is 8.78 Å². The Balaban J connectivity index is 1.80. The van der Waals surface area contributed by atoms with Crippen molar-refractivity contribution in [2.75, 3.05) is 6.54 Å². The Morgan fingerprint density at radius 2 is 1.90 bits per heavy atom. The van der Waals surface area contributed by atoms with Gasteiger partial charge in [0.1, 0.15) is 11.6 Å². The highest BCUT2D eigenvalue weighted by Crippen LogP contribution is 2.08. The van der Waals surface area contributed by atoms with E-state index in [0.29, 0.717) is 18.5 Å². The molecular formula is C16H20F2N2. The normalized spacial score (nSPS) is 10.9. The number of rotatable bonds is 7. The van der Waals surface area contributed by atoms with Gasteiger partial charge in [0.25, 0.3) is 0 Å². The van der Waals surface area contributed by atoms with E-state index in [-0.39, 0.29) is 0 Å². The third-order valence-electron chi connectivity index (χ3n) is 3.21. The van der Waals surface area contributed by atoms with Gasteiger partial charge in [-0.2, -0.15) is 0 Å². The number of hydrogen-bond acceptors (Lipinski definition) is 1. The van der Waals surface area contributed by atoms with E-state index >= 15 is 0 Å². The molecule has 2 rings (SSSR count). The number of halogens is 2. The van der Waals surface area contributed by atoms with Gasteiger partial charge in [-0.15, -0.1) is 0 Å². The molecule has 0 aliphatic rings. The van der Waals surface area contributed by atoms with Gasteiger partial charge in [0.15, 0.2) is 0 Å². The largest absolute Gasteiger partial charge is 0.350 e. The molecule has 0 aliphatic carbocycles. The van der Waals surface area contributed by atoms with Gasteiger partial charge in [0, 0.05) is 31.0 Å². The summed E-state index contributed by atoms with van der Waals surface area (Å²) in [6.45, 7) is 4.62. The van der Waals surface area contributed by atoms with Gasteiger partial charge in [-0.1, -0.05) is 6.92 Å². The van der Waals surface area contributed by atoms with Crippen LogP contribution >= 0.6 is 0 Å². The van der Waals surface area contributed by atoms with Gasteiger partial charge in [0.2, 0.25) is 0 Å². The molecule has 0 spiro atoms. The van der Waals surface area contributed by atoms with Crippen molar-refractivity contribution in [1.29, 1.82) is 0 Å². The molecule has 0 amide bonds. The summed E-state index contributed by atoms with van der Waals surface area (Å²) in [5.41, 5.74) is 1.91. The lowest BCUT2D eigenvalue weighted by Gasteiger charge is -2.09. The Bertz CT molecular complexity index is 529. The second-order valence-corrected chi connectivity index (χ2v) is 4.90. The van der Waals surface area contributed by atoms with Crippen LogP contribution in [0.15, 0.2) is 36.5 Å². The van der Waals surface area contributed by atoms with Gasteiger partial charge in [-0.25, -0.2) is 8.78 Å². The number of nitrogens with one attached hydrogen (secondary N) is 1. The zero-order valence-corrected chi connectivity index (χ0v) is 11.7. The molecule has 0 radical (unpaired) electrons. The molecule has 1 N–H and O–H groups in total.